The van der Waals surface area contributed by atoms with E-state index in [4.69, 9.17) is 0 Å². The van der Waals surface area contributed by atoms with Gasteiger partial charge in [0.1, 0.15) is 0 Å². The van der Waals surface area contributed by atoms with Gasteiger partial charge in [-0.2, -0.15) is 0 Å². The molecule has 3 aromatic rings. The molecule has 4 heterocycles. The molecule has 8 nitrogen and oxygen atoms in total. The highest BCUT2D eigenvalue weighted by Crippen LogP contribution is 2.26. The van der Waals surface area contributed by atoms with Gasteiger partial charge in [0.05, 0.1) is 18.1 Å². The number of hydrogen-bond donors (Lipinski definition) is 1. The number of piperidine rings is 1. The summed E-state index contributed by atoms with van der Waals surface area (Å²) < 4.78 is 26.5. The molecule has 4 rings (SSSR count). The number of rotatable bonds is 4. The summed E-state index contributed by atoms with van der Waals surface area (Å²) in [5, 5.41) is 8.77. The van der Waals surface area contributed by atoms with Crippen molar-refractivity contribution in [3.8, 4) is 11.3 Å². The van der Waals surface area contributed by atoms with Crippen LogP contribution in [-0.4, -0.2) is 57.7 Å². The molecule has 0 aromatic carbocycles. The van der Waals surface area contributed by atoms with Crippen molar-refractivity contribution in [2.24, 2.45) is 0 Å². The molecule has 1 aliphatic rings. The van der Waals surface area contributed by atoms with Gasteiger partial charge in [-0.05, 0) is 31.4 Å². The highest BCUT2D eigenvalue weighted by atomic mass is 32.2. The third kappa shape index (κ3) is 3.57. The Labute approximate surface area is 155 Å². The molecule has 1 fully saturated rings. The average molecular weight is 393 g/mol. The number of hydrogen-bond acceptors (Lipinski definition) is 7. The molecule has 3 aromatic heterocycles. The lowest BCUT2D eigenvalue weighted by Gasteiger charge is -2.30. The summed E-state index contributed by atoms with van der Waals surface area (Å²) in [7, 11) is -3.09. The van der Waals surface area contributed by atoms with Crippen LogP contribution in [0.2, 0.25) is 0 Å². The number of pyridine rings is 1. The van der Waals surface area contributed by atoms with Gasteiger partial charge in [-0.3, -0.25) is 4.98 Å². The highest BCUT2D eigenvalue weighted by molar-refractivity contribution is 7.88. The molecule has 138 valence electrons. The normalized spacial score (nSPS) is 17.0. The van der Waals surface area contributed by atoms with Gasteiger partial charge >= 0.3 is 0 Å². The number of nitrogens with one attached hydrogen (secondary N) is 1. The van der Waals surface area contributed by atoms with Crippen molar-refractivity contribution in [1.29, 1.82) is 0 Å². The Morgan fingerprint density at radius 1 is 1.27 bits per heavy atom. The molecular weight excluding hydrogens is 372 g/mol. The molecule has 0 spiro atoms. The van der Waals surface area contributed by atoms with E-state index in [-0.39, 0.29) is 6.04 Å². The van der Waals surface area contributed by atoms with Crippen molar-refractivity contribution in [3.05, 3.63) is 30.2 Å². The molecule has 0 atom stereocenters. The molecule has 1 N–H and O–H groups in total. The molecule has 26 heavy (non-hydrogen) atoms. The molecule has 10 heteroatoms. The van der Waals surface area contributed by atoms with Crippen LogP contribution in [0.25, 0.3) is 16.2 Å². The summed E-state index contributed by atoms with van der Waals surface area (Å²) in [5.74, 6) is 0. The van der Waals surface area contributed by atoms with E-state index in [1.807, 2.05) is 25.4 Å². The number of imidazole rings is 1. The Morgan fingerprint density at radius 2 is 2.04 bits per heavy atom. The first-order chi connectivity index (χ1) is 12.4. The first-order valence-corrected chi connectivity index (χ1v) is 11.0. The SMILES string of the molecule is Cc1cncc(-c2cn3nc(NC4CCN(S(C)(=O)=O)CC4)sc3n2)c1. The van der Waals surface area contributed by atoms with Gasteiger partial charge in [-0.25, -0.2) is 22.2 Å². The molecule has 0 unspecified atom stereocenters. The lowest BCUT2D eigenvalue weighted by Crippen LogP contribution is -2.41. The Morgan fingerprint density at radius 3 is 2.69 bits per heavy atom. The second-order valence-electron chi connectivity index (χ2n) is 6.59. The van der Waals surface area contributed by atoms with Crippen molar-refractivity contribution >= 4 is 31.5 Å². The number of fused-ring (bicyclic) bond motifs is 1. The van der Waals surface area contributed by atoms with Crippen LogP contribution in [0, 0.1) is 6.92 Å². The first-order valence-electron chi connectivity index (χ1n) is 8.38. The predicted octanol–water partition coefficient (Wildman–Crippen LogP) is 2.00. The van der Waals surface area contributed by atoms with Crippen molar-refractivity contribution in [2.75, 3.05) is 24.7 Å². The summed E-state index contributed by atoms with van der Waals surface area (Å²) in [6.45, 7) is 3.09. The largest absolute Gasteiger partial charge is 0.357 e. The lowest BCUT2D eigenvalue weighted by atomic mass is 10.1. The van der Waals surface area contributed by atoms with E-state index in [0.29, 0.717) is 13.1 Å². The second kappa shape index (κ2) is 6.60. The van der Waals surface area contributed by atoms with E-state index in [1.165, 1.54) is 21.9 Å². The molecule has 1 saturated heterocycles. The number of nitrogens with zero attached hydrogens (tertiary/aromatic N) is 5. The fourth-order valence-electron chi connectivity index (χ4n) is 3.10. The van der Waals surface area contributed by atoms with Gasteiger partial charge < -0.3 is 5.32 Å². The second-order valence-corrected chi connectivity index (χ2v) is 9.53. The summed E-state index contributed by atoms with van der Waals surface area (Å²) in [6.07, 6.45) is 8.33. The minimum atomic E-state index is -3.09. The quantitative estimate of drug-likeness (QED) is 0.730. The van der Waals surface area contributed by atoms with Crippen molar-refractivity contribution < 1.29 is 8.42 Å². The number of sulfonamides is 1. The van der Waals surface area contributed by atoms with Gasteiger partial charge in [0.2, 0.25) is 20.1 Å². The van der Waals surface area contributed by atoms with Crippen LogP contribution in [0.5, 0.6) is 0 Å². The van der Waals surface area contributed by atoms with E-state index in [1.54, 1.807) is 10.7 Å². The van der Waals surface area contributed by atoms with Crippen LogP contribution in [-0.2, 0) is 10.0 Å². The fraction of sp³-hybridized carbons (Fsp3) is 0.438. The van der Waals surface area contributed by atoms with Crippen LogP contribution in [0.3, 0.4) is 0 Å². The minimum absolute atomic E-state index is 0.226. The molecule has 0 radical (unpaired) electrons. The zero-order valence-electron chi connectivity index (χ0n) is 14.6. The van der Waals surface area contributed by atoms with Crippen molar-refractivity contribution in [2.45, 2.75) is 25.8 Å². The maximum atomic E-state index is 11.6. The Kier molecular flexibility index (Phi) is 4.41. The summed E-state index contributed by atoms with van der Waals surface area (Å²) >= 11 is 1.49. The summed E-state index contributed by atoms with van der Waals surface area (Å²) in [5.41, 5.74) is 2.92. The number of anilines is 1. The van der Waals surface area contributed by atoms with Gasteiger partial charge in [0, 0.05) is 37.1 Å². The summed E-state index contributed by atoms with van der Waals surface area (Å²) in [6, 6.07) is 2.28. The Hall–Kier alpha value is -2.04. The topological polar surface area (TPSA) is 92.5 Å². The Balaban J connectivity index is 1.45. The first kappa shape index (κ1) is 17.4. The van der Waals surface area contributed by atoms with Gasteiger partial charge in [0.25, 0.3) is 0 Å². The molecule has 0 saturated carbocycles. The standard InChI is InChI=1S/C16H20N6O2S2/c1-11-7-12(9-17-8-11)14-10-22-16(19-14)25-15(20-22)18-13-3-5-21(6-4-13)26(2,23)24/h7-10,13H,3-6H2,1-2H3,(H,18,20). The Bertz CT molecular complexity index is 1000. The van der Waals surface area contributed by atoms with Gasteiger partial charge in [-0.15, -0.1) is 5.10 Å². The molecule has 1 aliphatic heterocycles. The number of aromatic nitrogens is 4. The monoisotopic (exact) mass is 392 g/mol. The van der Waals surface area contributed by atoms with Crippen LogP contribution >= 0.6 is 11.3 Å². The van der Waals surface area contributed by atoms with Gasteiger partial charge in [0.15, 0.2) is 0 Å². The predicted molar refractivity (Wildman–Crippen MR) is 102 cm³/mol. The minimum Gasteiger partial charge on any atom is -0.357 e. The zero-order valence-corrected chi connectivity index (χ0v) is 16.2. The van der Waals surface area contributed by atoms with Crippen LogP contribution in [0.15, 0.2) is 24.7 Å². The van der Waals surface area contributed by atoms with Crippen LogP contribution in [0.4, 0.5) is 5.13 Å². The molecule has 0 aliphatic carbocycles. The van der Waals surface area contributed by atoms with Crippen molar-refractivity contribution in [1.82, 2.24) is 23.9 Å². The third-order valence-electron chi connectivity index (χ3n) is 4.46. The van der Waals surface area contributed by atoms with Crippen LogP contribution in [0.1, 0.15) is 18.4 Å². The van der Waals surface area contributed by atoms with Crippen molar-refractivity contribution in [3.63, 3.8) is 0 Å². The lowest BCUT2D eigenvalue weighted by molar-refractivity contribution is 0.332. The van der Waals surface area contributed by atoms with E-state index < -0.39 is 10.0 Å². The van der Waals surface area contributed by atoms with E-state index in [9.17, 15) is 8.42 Å². The average Bonchev–Trinajstić information content (AvgIpc) is 3.13. The van der Waals surface area contributed by atoms with Gasteiger partial charge in [-0.1, -0.05) is 11.3 Å². The zero-order chi connectivity index (χ0) is 18.3. The molecular formula is C16H20N6O2S2. The molecule has 0 amide bonds. The smallest absolute Gasteiger partial charge is 0.214 e. The highest BCUT2D eigenvalue weighted by Gasteiger charge is 2.25. The summed E-state index contributed by atoms with van der Waals surface area (Å²) in [4.78, 5) is 9.66. The van der Waals surface area contributed by atoms with E-state index in [0.717, 1.165) is 39.8 Å². The molecule has 0 bridgehead atoms. The fourth-order valence-corrected chi connectivity index (χ4v) is 4.83. The number of aryl methyl sites for hydroxylation is 1. The van der Waals surface area contributed by atoms with E-state index >= 15 is 0 Å². The van der Waals surface area contributed by atoms with E-state index in [2.05, 4.69) is 20.4 Å². The maximum absolute atomic E-state index is 11.6. The van der Waals surface area contributed by atoms with Crippen LogP contribution < -0.4 is 5.32 Å². The maximum Gasteiger partial charge on any atom is 0.214 e. The third-order valence-corrected chi connectivity index (χ3v) is 6.62.